The largest absolute Gasteiger partial charge is 0.373 e. The summed E-state index contributed by atoms with van der Waals surface area (Å²) in [6, 6.07) is 12.7. The first-order valence-corrected chi connectivity index (χ1v) is 7.45. The highest BCUT2D eigenvalue weighted by atomic mass is 15.1. The molecule has 0 saturated heterocycles. The summed E-state index contributed by atoms with van der Waals surface area (Å²) in [5, 5.41) is 6.56. The minimum Gasteiger partial charge on any atom is -0.373 e. The van der Waals surface area contributed by atoms with Crippen LogP contribution in [0.2, 0.25) is 0 Å². The summed E-state index contributed by atoms with van der Waals surface area (Å²) in [5.41, 5.74) is 1.32. The Kier molecular flexibility index (Phi) is 5.14. The van der Waals surface area contributed by atoms with Crippen molar-refractivity contribution in [1.29, 1.82) is 0 Å². The van der Waals surface area contributed by atoms with Gasteiger partial charge in [0.05, 0.1) is 0 Å². The van der Waals surface area contributed by atoms with Crippen LogP contribution in [0.3, 0.4) is 0 Å². The van der Waals surface area contributed by atoms with Crippen LogP contribution in [0.4, 0.5) is 11.6 Å². The Morgan fingerprint density at radius 1 is 1.00 bits per heavy atom. The Morgan fingerprint density at radius 3 is 2.29 bits per heavy atom. The van der Waals surface area contributed by atoms with Crippen molar-refractivity contribution in [3.8, 4) is 0 Å². The molecule has 0 saturated carbocycles. The maximum atomic E-state index is 4.60. The molecule has 1 heterocycles. The summed E-state index contributed by atoms with van der Waals surface area (Å²) in [7, 11) is 1.88. The number of anilines is 2. The van der Waals surface area contributed by atoms with E-state index in [1.54, 1.807) is 0 Å². The lowest BCUT2D eigenvalue weighted by Gasteiger charge is -2.16. The van der Waals surface area contributed by atoms with Crippen LogP contribution >= 0.6 is 0 Å². The zero-order valence-corrected chi connectivity index (χ0v) is 13.2. The Labute approximate surface area is 127 Å². The topological polar surface area (TPSA) is 49.8 Å². The normalized spacial score (nSPS) is 12.2. The van der Waals surface area contributed by atoms with E-state index in [0.29, 0.717) is 12.0 Å². The van der Waals surface area contributed by atoms with Crippen molar-refractivity contribution in [2.24, 2.45) is 0 Å². The van der Waals surface area contributed by atoms with Gasteiger partial charge in [0.15, 0.2) is 0 Å². The maximum Gasteiger partial charge on any atom is 0.135 e. The van der Waals surface area contributed by atoms with Crippen LogP contribution in [-0.4, -0.2) is 23.1 Å². The molecule has 1 aromatic heterocycles. The summed E-state index contributed by atoms with van der Waals surface area (Å²) in [4.78, 5) is 9.08. The van der Waals surface area contributed by atoms with Crippen LogP contribution in [0.25, 0.3) is 0 Å². The highest BCUT2D eigenvalue weighted by Crippen LogP contribution is 2.18. The number of nitrogens with zero attached hydrogens (tertiary/aromatic N) is 2. The lowest BCUT2D eigenvalue weighted by Crippen LogP contribution is -2.19. The van der Waals surface area contributed by atoms with Gasteiger partial charge in [-0.2, -0.15) is 0 Å². The molecular weight excluding hydrogens is 260 g/mol. The Hall–Kier alpha value is -2.10. The molecule has 2 aromatic rings. The molecule has 4 nitrogen and oxygen atoms in total. The summed E-state index contributed by atoms with van der Waals surface area (Å²) in [6.07, 6.45) is 0.969. The van der Waals surface area contributed by atoms with Gasteiger partial charge in [-0.1, -0.05) is 44.2 Å². The second-order valence-electron chi connectivity index (χ2n) is 5.64. The third-order valence-corrected chi connectivity index (χ3v) is 3.29. The molecule has 4 heteroatoms. The number of aromatic nitrogens is 2. The molecule has 0 aliphatic heterocycles. The third-order valence-electron chi connectivity index (χ3n) is 3.29. The Bertz CT molecular complexity index is 566. The lowest BCUT2D eigenvalue weighted by atomic mass is 10.1. The van der Waals surface area contributed by atoms with E-state index >= 15 is 0 Å². The minimum atomic E-state index is 0.309. The fourth-order valence-corrected chi connectivity index (χ4v) is 2.20. The molecule has 1 aromatic carbocycles. The van der Waals surface area contributed by atoms with E-state index in [-0.39, 0.29) is 0 Å². The standard InChI is InChI=1S/C17H24N4/c1-12(2)17-20-15(18-4)11-16(21-17)19-13(3)10-14-8-6-5-7-9-14/h5-9,11-13H,10H2,1-4H3,(H2,18,19,20,21). The fourth-order valence-electron chi connectivity index (χ4n) is 2.20. The molecular formula is C17H24N4. The van der Waals surface area contributed by atoms with Crippen LogP contribution in [0.15, 0.2) is 36.4 Å². The lowest BCUT2D eigenvalue weighted by molar-refractivity contribution is 0.755. The van der Waals surface area contributed by atoms with Crippen molar-refractivity contribution in [2.45, 2.75) is 39.2 Å². The van der Waals surface area contributed by atoms with Gasteiger partial charge >= 0.3 is 0 Å². The monoisotopic (exact) mass is 284 g/mol. The zero-order chi connectivity index (χ0) is 15.2. The molecule has 0 bridgehead atoms. The van der Waals surface area contributed by atoms with E-state index in [0.717, 1.165) is 23.9 Å². The van der Waals surface area contributed by atoms with E-state index in [4.69, 9.17) is 0 Å². The number of hydrogen-bond acceptors (Lipinski definition) is 4. The Morgan fingerprint density at radius 2 is 1.67 bits per heavy atom. The number of hydrogen-bond donors (Lipinski definition) is 2. The van der Waals surface area contributed by atoms with E-state index in [1.807, 2.05) is 19.2 Å². The van der Waals surface area contributed by atoms with Crippen molar-refractivity contribution in [3.63, 3.8) is 0 Å². The van der Waals surface area contributed by atoms with Crippen LogP contribution in [0.1, 0.15) is 38.1 Å². The van der Waals surface area contributed by atoms with Gasteiger partial charge in [-0.3, -0.25) is 0 Å². The third kappa shape index (κ3) is 4.45. The predicted octanol–water partition coefficient (Wildman–Crippen LogP) is 3.68. The first kappa shape index (κ1) is 15.3. The Balaban J connectivity index is 2.09. The molecule has 2 N–H and O–H groups in total. The molecule has 0 fully saturated rings. The summed E-state index contributed by atoms with van der Waals surface area (Å²) in [6.45, 7) is 6.38. The second-order valence-corrected chi connectivity index (χ2v) is 5.64. The van der Waals surface area contributed by atoms with Gasteiger partial charge in [0.25, 0.3) is 0 Å². The average molecular weight is 284 g/mol. The van der Waals surface area contributed by atoms with Crippen molar-refractivity contribution in [2.75, 3.05) is 17.7 Å². The van der Waals surface area contributed by atoms with Crippen molar-refractivity contribution >= 4 is 11.6 Å². The van der Waals surface area contributed by atoms with Gasteiger partial charge in [0.2, 0.25) is 0 Å². The predicted molar refractivity (Wildman–Crippen MR) is 88.9 cm³/mol. The smallest absolute Gasteiger partial charge is 0.135 e. The van der Waals surface area contributed by atoms with Crippen molar-refractivity contribution < 1.29 is 0 Å². The molecule has 1 unspecified atom stereocenters. The fraction of sp³-hybridized carbons (Fsp3) is 0.412. The van der Waals surface area contributed by atoms with Gasteiger partial charge < -0.3 is 10.6 Å². The molecule has 0 spiro atoms. The van der Waals surface area contributed by atoms with Gasteiger partial charge in [0.1, 0.15) is 17.5 Å². The highest BCUT2D eigenvalue weighted by molar-refractivity contribution is 5.48. The number of nitrogens with one attached hydrogen (secondary N) is 2. The first-order chi connectivity index (χ1) is 10.1. The molecule has 0 amide bonds. The van der Waals surface area contributed by atoms with Crippen LogP contribution in [0.5, 0.6) is 0 Å². The van der Waals surface area contributed by atoms with E-state index in [2.05, 4.69) is 65.6 Å². The van der Waals surface area contributed by atoms with Crippen LogP contribution < -0.4 is 10.6 Å². The SMILES string of the molecule is CNc1cc(NC(C)Cc2ccccc2)nc(C(C)C)n1. The molecule has 2 rings (SSSR count). The average Bonchev–Trinajstić information content (AvgIpc) is 2.47. The highest BCUT2D eigenvalue weighted by Gasteiger charge is 2.10. The molecule has 1 atom stereocenters. The van der Waals surface area contributed by atoms with Crippen molar-refractivity contribution in [3.05, 3.63) is 47.8 Å². The van der Waals surface area contributed by atoms with E-state index in [9.17, 15) is 0 Å². The molecule has 0 radical (unpaired) electrons. The van der Waals surface area contributed by atoms with Gasteiger partial charge in [-0.15, -0.1) is 0 Å². The van der Waals surface area contributed by atoms with Gasteiger partial charge in [0, 0.05) is 25.1 Å². The zero-order valence-electron chi connectivity index (χ0n) is 13.2. The molecule has 21 heavy (non-hydrogen) atoms. The van der Waals surface area contributed by atoms with E-state index < -0.39 is 0 Å². The second kappa shape index (κ2) is 7.07. The van der Waals surface area contributed by atoms with Crippen molar-refractivity contribution in [1.82, 2.24) is 9.97 Å². The molecule has 0 aliphatic carbocycles. The van der Waals surface area contributed by atoms with Crippen LogP contribution in [0, 0.1) is 0 Å². The minimum absolute atomic E-state index is 0.309. The quantitative estimate of drug-likeness (QED) is 0.849. The summed E-state index contributed by atoms with van der Waals surface area (Å²) in [5.74, 6) is 2.89. The summed E-state index contributed by atoms with van der Waals surface area (Å²) < 4.78 is 0. The summed E-state index contributed by atoms with van der Waals surface area (Å²) >= 11 is 0. The maximum absolute atomic E-state index is 4.60. The molecule has 112 valence electrons. The number of rotatable bonds is 6. The van der Waals surface area contributed by atoms with E-state index in [1.165, 1.54) is 5.56 Å². The number of benzene rings is 1. The van der Waals surface area contributed by atoms with Gasteiger partial charge in [-0.05, 0) is 18.9 Å². The van der Waals surface area contributed by atoms with Gasteiger partial charge in [-0.25, -0.2) is 9.97 Å². The van der Waals surface area contributed by atoms with Crippen LogP contribution in [-0.2, 0) is 6.42 Å². The molecule has 0 aliphatic rings. The first-order valence-electron chi connectivity index (χ1n) is 7.45.